The molecule has 23 heavy (non-hydrogen) atoms. The Hall–Kier alpha value is -2.08. The number of benzene rings is 1. The molecule has 1 aliphatic rings. The first-order valence-corrected chi connectivity index (χ1v) is 8.05. The SMILES string of the molecule is CC1CC(NC(=O)C(C)(C)NC(=O)Nc2ccccc2)CCN1. The number of carbonyl (C=O) groups is 2. The van der Waals surface area contributed by atoms with Gasteiger partial charge >= 0.3 is 6.03 Å². The summed E-state index contributed by atoms with van der Waals surface area (Å²) in [6.07, 6.45) is 1.81. The van der Waals surface area contributed by atoms with E-state index in [-0.39, 0.29) is 11.9 Å². The molecule has 1 saturated heterocycles. The Labute approximate surface area is 137 Å². The molecular formula is C17H26N4O2. The maximum atomic E-state index is 12.5. The zero-order chi connectivity index (χ0) is 16.9. The van der Waals surface area contributed by atoms with Crippen molar-refractivity contribution < 1.29 is 9.59 Å². The van der Waals surface area contributed by atoms with Crippen LogP contribution >= 0.6 is 0 Å². The van der Waals surface area contributed by atoms with E-state index in [9.17, 15) is 9.59 Å². The molecule has 0 radical (unpaired) electrons. The Kier molecular flexibility index (Phi) is 5.60. The van der Waals surface area contributed by atoms with E-state index in [2.05, 4.69) is 28.2 Å². The second kappa shape index (κ2) is 7.46. The van der Waals surface area contributed by atoms with Gasteiger partial charge in [-0.2, -0.15) is 0 Å². The van der Waals surface area contributed by atoms with Crippen LogP contribution in [0.1, 0.15) is 33.6 Å². The van der Waals surface area contributed by atoms with Crippen molar-refractivity contribution >= 4 is 17.6 Å². The number of hydrogen-bond donors (Lipinski definition) is 4. The number of piperidine rings is 1. The first kappa shape index (κ1) is 17.3. The van der Waals surface area contributed by atoms with Crippen molar-refractivity contribution in [2.24, 2.45) is 0 Å². The van der Waals surface area contributed by atoms with Crippen LogP contribution < -0.4 is 21.3 Å². The highest BCUT2D eigenvalue weighted by atomic mass is 16.2. The number of urea groups is 1. The van der Waals surface area contributed by atoms with Crippen LogP contribution in [0.4, 0.5) is 10.5 Å². The number of amides is 3. The molecule has 1 fully saturated rings. The highest BCUT2D eigenvalue weighted by Gasteiger charge is 2.32. The number of anilines is 1. The Morgan fingerprint density at radius 3 is 2.57 bits per heavy atom. The van der Waals surface area contributed by atoms with Crippen molar-refractivity contribution in [2.75, 3.05) is 11.9 Å². The fourth-order valence-electron chi connectivity index (χ4n) is 2.65. The molecule has 2 atom stereocenters. The Morgan fingerprint density at radius 2 is 1.91 bits per heavy atom. The van der Waals surface area contributed by atoms with Crippen LogP contribution in [0, 0.1) is 0 Å². The molecule has 6 nitrogen and oxygen atoms in total. The van der Waals surface area contributed by atoms with Crippen LogP contribution in [0.2, 0.25) is 0 Å². The quantitative estimate of drug-likeness (QED) is 0.684. The second-order valence-corrected chi connectivity index (χ2v) is 6.62. The minimum atomic E-state index is -0.979. The molecule has 1 aromatic rings. The molecular weight excluding hydrogens is 292 g/mol. The summed E-state index contributed by atoms with van der Waals surface area (Å²) < 4.78 is 0. The molecule has 126 valence electrons. The van der Waals surface area contributed by atoms with Gasteiger partial charge in [-0.1, -0.05) is 18.2 Å². The number of rotatable bonds is 4. The van der Waals surface area contributed by atoms with Gasteiger partial charge in [-0.15, -0.1) is 0 Å². The minimum Gasteiger partial charge on any atom is -0.351 e. The van der Waals surface area contributed by atoms with Crippen molar-refractivity contribution in [3.05, 3.63) is 30.3 Å². The topological polar surface area (TPSA) is 82.3 Å². The van der Waals surface area contributed by atoms with E-state index < -0.39 is 11.6 Å². The summed E-state index contributed by atoms with van der Waals surface area (Å²) in [5.74, 6) is -0.167. The molecule has 6 heteroatoms. The van der Waals surface area contributed by atoms with Crippen LogP contribution in [0.25, 0.3) is 0 Å². The average molecular weight is 318 g/mol. The molecule has 1 aromatic carbocycles. The summed E-state index contributed by atoms with van der Waals surface area (Å²) in [6.45, 7) is 6.41. The highest BCUT2D eigenvalue weighted by Crippen LogP contribution is 2.11. The van der Waals surface area contributed by atoms with E-state index in [1.54, 1.807) is 26.0 Å². The molecule has 0 aliphatic carbocycles. The normalized spacial score (nSPS) is 21.3. The molecule has 0 bridgehead atoms. The van der Waals surface area contributed by atoms with Crippen LogP contribution in [-0.2, 0) is 4.79 Å². The fourth-order valence-corrected chi connectivity index (χ4v) is 2.65. The zero-order valence-corrected chi connectivity index (χ0v) is 14.0. The third-order valence-corrected chi connectivity index (χ3v) is 3.98. The molecule has 2 rings (SSSR count). The summed E-state index contributed by atoms with van der Waals surface area (Å²) in [5, 5.41) is 11.8. The highest BCUT2D eigenvalue weighted by molar-refractivity contribution is 5.95. The van der Waals surface area contributed by atoms with Gasteiger partial charge in [0.15, 0.2) is 0 Å². The molecule has 0 aromatic heterocycles. The van der Waals surface area contributed by atoms with Crippen molar-refractivity contribution in [3.8, 4) is 0 Å². The third kappa shape index (κ3) is 5.25. The van der Waals surface area contributed by atoms with Gasteiger partial charge in [-0.25, -0.2) is 4.79 Å². The monoisotopic (exact) mass is 318 g/mol. The summed E-state index contributed by atoms with van der Waals surface area (Å²) in [5.41, 5.74) is -0.291. The summed E-state index contributed by atoms with van der Waals surface area (Å²) in [4.78, 5) is 24.5. The van der Waals surface area contributed by atoms with Gasteiger partial charge in [0.1, 0.15) is 5.54 Å². The molecule has 2 unspecified atom stereocenters. The number of carbonyl (C=O) groups excluding carboxylic acids is 2. The van der Waals surface area contributed by atoms with Gasteiger partial charge in [-0.05, 0) is 52.3 Å². The Morgan fingerprint density at radius 1 is 1.22 bits per heavy atom. The van der Waals surface area contributed by atoms with Crippen LogP contribution in [-0.4, -0.2) is 36.1 Å². The molecule has 0 spiro atoms. The minimum absolute atomic E-state index is 0.150. The number of hydrogen-bond acceptors (Lipinski definition) is 3. The molecule has 1 aliphatic heterocycles. The Balaban J connectivity index is 1.86. The van der Waals surface area contributed by atoms with Crippen molar-refractivity contribution in [2.45, 2.75) is 51.2 Å². The molecule has 4 N–H and O–H groups in total. The lowest BCUT2D eigenvalue weighted by atomic mass is 9.98. The van der Waals surface area contributed by atoms with Gasteiger partial charge in [-0.3, -0.25) is 4.79 Å². The van der Waals surface area contributed by atoms with E-state index in [0.717, 1.165) is 19.4 Å². The van der Waals surface area contributed by atoms with E-state index >= 15 is 0 Å². The summed E-state index contributed by atoms with van der Waals surface area (Å²) >= 11 is 0. The first-order valence-electron chi connectivity index (χ1n) is 8.05. The van der Waals surface area contributed by atoms with Crippen molar-refractivity contribution in [1.29, 1.82) is 0 Å². The van der Waals surface area contributed by atoms with Gasteiger partial charge in [0, 0.05) is 17.8 Å². The van der Waals surface area contributed by atoms with E-state index in [0.29, 0.717) is 11.7 Å². The maximum Gasteiger partial charge on any atom is 0.320 e. The lowest BCUT2D eigenvalue weighted by Crippen LogP contribution is -2.59. The lowest BCUT2D eigenvalue weighted by molar-refractivity contribution is -0.127. The lowest BCUT2D eigenvalue weighted by Gasteiger charge is -2.32. The Bertz CT molecular complexity index is 545. The molecule has 3 amide bonds. The number of para-hydroxylation sites is 1. The van der Waals surface area contributed by atoms with Crippen molar-refractivity contribution in [3.63, 3.8) is 0 Å². The molecule has 1 heterocycles. The fraction of sp³-hybridized carbons (Fsp3) is 0.529. The van der Waals surface area contributed by atoms with Gasteiger partial charge in [0.05, 0.1) is 0 Å². The smallest absolute Gasteiger partial charge is 0.320 e. The van der Waals surface area contributed by atoms with Crippen LogP contribution in [0.5, 0.6) is 0 Å². The average Bonchev–Trinajstić information content (AvgIpc) is 2.47. The maximum absolute atomic E-state index is 12.5. The van der Waals surface area contributed by atoms with Crippen LogP contribution in [0.3, 0.4) is 0 Å². The summed E-state index contributed by atoms with van der Waals surface area (Å²) in [7, 11) is 0. The number of nitrogens with one attached hydrogen (secondary N) is 4. The standard InChI is InChI=1S/C17H26N4O2/c1-12-11-14(9-10-18-12)19-15(22)17(2,3)21-16(23)20-13-7-5-4-6-8-13/h4-8,12,14,18H,9-11H2,1-3H3,(H,19,22)(H2,20,21,23). The third-order valence-electron chi connectivity index (χ3n) is 3.98. The summed E-state index contributed by atoms with van der Waals surface area (Å²) in [6, 6.07) is 9.29. The molecule has 0 saturated carbocycles. The van der Waals surface area contributed by atoms with Gasteiger partial charge < -0.3 is 21.3 Å². The van der Waals surface area contributed by atoms with Gasteiger partial charge in [0.25, 0.3) is 0 Å². The van der Waals surface area contributed by atoms with Crippen molar-refractivity contribution in [1.82, 2.24) is 16.0 Å². The van der Waals surface area contributed by atoms with E-state index in [1.165, 1.54) is 0 Å². The van der Waals surface area contributed by atoms with E-state index in [4.69, 9.17) is 0 Å². The first-order chi connectivity index (χ1) is 10.9. The van der Waals surface area contributed by atoms with E-state index in [1.807, 2.05) is 18.2 Å². The predicted molar refractivity (Wildman–Crippen MR) is 91.3 cm³/mol. The second-order valence-electron chi connectivity index (χ2n) is 6.62. The predicted octanol–water partition coefficient (Wildman–Crippen LogP) is 1.84. The largest absolute Gasteiger partial charge is 0.351 e. The van der Waals surface area contributed by atoms with Crippen LogP contribution in [0.15, 0.2) is 30.3 Å². The van der Waals surface area contributed by atoms with Gasteiger partial charge in [0.2, 0.25) is 5.91 Å². The zero-order valence-electron chi connectivity index (χ0n) is 14.0.